The number of hydrogen-bond donors (Lipinski definition) is 1. The number of carbonyl (C=O) groups is 1. The molecule has 1 aromatic heterocycles. The van der Waals surface area contributed by atoms with Gasteiger partial charge in [0.2, 0.25) is 0 Å². The molecular formula is C17H19F3N2O. The molecule has 5 atom stereocenters. The zero-order chi connectivity index (χ0) is 16.2. The third-order valence-corrected chi connectivity index (χ3v) is 6.06. The Labute approximate surface area is 132 Å². The maximum atomic E-state index is 12.5. The standard InChI is InChI=1S/C17H19F3N2O/c18-17(19,20)15-5-4-9(8-21-15)16(23)22-14-7-10-6-13(14)12-3-1-2-11(10)12/h4-5,8,10-14H,1-3,6-7H2,(H,22,23)/t10-,11+,12-,13+,14-/m1/s1. The first kappa shape index (κ1) is 15.0. The largest absolute Gasteiger partial charge is 0.433 e. The number of amides is 1. The first-order valence-corrected chi connectivity index (χ1v) is 8.27. The quantitative estimate of drug-likeness (QED) is 0.902. The highest BCUT2D eigenvalue weighted by molar-refractivity contribution is 5.94. The van der Waals surface area contributed by atoms with E-state index in [-0.39, 0.29) is 17.5 Å². The van der Waals surface area contributed by atoms with Gasteiger partial charge in [-0.15, -0.1) is 0 Å². The molecule has 0 radical (unpaired) electrons. The number of nitrogens with one attached hydrogen (secondary N) is 1. The second kappa shape index (κ2) is 5.21. The number of alkyl halides is 3. The van der Waals surface area contributed by atoms with Gasteiger partial charge in [-0.3, -0.25) is 9.78 Å². The highest BCUT2D eigenvalue weighted by atomic mass is 19.4. The lowest BCUT2D eigenvalue weighted by molar-refractivity contribution is -0.141. The highest BCUT2D eigenvalue weighted by Crippen LogP contribution is 2.58. The molecule has 23 heavy (non-hydrogen) atoms. The van der Waals surface area contributed by atoms with E-state index in [1.807, 2.05) is 0 Å². The number of carbonyl (C=O) groups excluding carboxylic acids is 1. The Morgan fingerprint density at radius 2 is 1.91 bits per heavy atom. The summed E-state index contributed by atoms with van der Waals surface area (Å²) in [6.45, 7) is 0. The van der Waals surface area contributed by atoms with Crippen LogP contribution in [-0.2, 0) is 6.18 Å². The minimum atomic E-state index is -4.48. The van der Waals surface area contributed by atoms with Crippen molar-refractivity contribution in [2.45, 2.75) is 44.3 Å². The lowest BCUT2D eigenvalue weighted by atomic mass is 9.79. The molecule has 4 rings (SSSR count). The minimum absolute atomic E-state index is 0.175. The predicted octanol–water partition coefficient (Wildman–Crippen LogP) is 3.65. The molecule has 3 nitrogen and oxygen atoms in total. The first-order valence-electron chi connectivity index (χ1n) is 8.27. The number of halogens is 3. The molecule has 1 N–H and O–H groups in total. The van der Waals surface area contributed by atoms with Crippen LogP contribution < -0.4 is 5.32 Å². The molecule has 0 saturated heterocycles. The lowest BCUT2D eigenvalue weighted by Gasteiger charge is -2.32. The first-order chi connectivity index (χ1) is 10.9. The molecule has 1 heterocycles. The summed E-state index contributed by atoms with van der Waals surface area (Å²) < 4.78 is 37.5. The molecule has 3 aliphatic carbocycles. The van der Waals surface area contributed by atoms with E-state index in [9.17, 15) is 18.0 Å². The van der Waals surface area contributed by atoms with Crippen LogP contribution in [0.4, 0.5) is 13.2 Å². The van der Waals surface area contributed by atoms with Crippen molar-refractivity contribution in [1.82, 2.24) is 10.3 Å². The SMILES string of the molecule is O=C(N[C@@H]1C[C@H]2C[C@H]1[C@@H]1CCC[C@@H]21)c1ccc(C(F)(F)F)nc1. The van der Waals surface area contributed by atoms with Gasteiger partial charge in [-0.25, -0.2) is 0 Å². The number of nitrogens with zero attached hydrogens (tertiary/aromatic N) is 1. The van der Waals surface area contributed by atoms with Gasteiger partial charge >= 0.3 is 6.18 Å². The van der Waals surface area contributed by atoms with Crippen LogP contribution in [0, 0.1) is 23.7 Å². The fourth-order valence-corrected chi connectivity index (χ4v) is 5.18. The molecule has 124 valence electrons. The van der Waals surface area contributed by atoms with Crippen LogP contribution in [0.3, 0.4) is 0 Å². The van der Waals surface area contributed by atoms with E-state index in [1.165, 1.54) is 31.7 Å². The monoisotopic (exact) mass is 324 g/mol. The minimum Gasteiger partial charge on any atom is -0.349 e. The molecule has 6 heteroatoms. The number of fused-ring (bicyclic) bond motifs is 5. The van der Waals surface area contributed by atoms with Crippen molar-refractivity contribution in [3.63, 3.8) is 0 Å². The van der Waals surface area contributed by atoms with Crippen LogP contribution in [0.2, 0.25) is 0 Å². The molecular weight excluding hydrogens is 305 g/mol. The topological polar surface area (TPSA) is 42.0 Å². The molecule has 0 unspecified atom stereocenters. The van der Waals surface area contributed by atoms with E-state index in [0.717, 1.165) is 36.4 Å². The Morgan fingerprint density at radius 1 is 1.13 bits per heavy atom. The summed E-state index contributed by atoms with van der Waals surface area (Å²) >= 11 is 0. The Hall–Kier alpha value is -1.59. The van der Waals surface area contributed by atoms with E-state index >= 15 is 0 Å². The zero-order valence-electron chi connectivity index (χ0n) is 12.6. The normalized spacial score (nSPS) is 35.3. The summed E-state index contributed by atoms with van der Waals surface area (Å²) in [6, 6.07) is 2.24. The maximum Gasteiger partial charge on any atom is 0.433 e. The van der Waals surface area contributed by atoms with Gasteiger partial charge < -0.3 is 5.32 Å². The van der Waals surface area contributed by atoms with Crippen LogP contribution in [0.15, 0.2) is 18.3 Å². The van der Waals surface area contributed by atoms with Gasteiger partial charge in [-0.05, 0) is 61.5 Å². The van der Waals surface area contributed by atoms with Crippen LogP contribution in [0.25, 0.3) is 0 Å². The van der Waals surface area contributed by atoms with E-state index in [1.54, 1.807) is 0 Å². The van der Waals surface area contributed by atoms with Crippen LogP contribution >= 0.6 is 0 Å². The van der Waals surface area contributed by atoms with Gasteiger partial charge in [0.15, 0.2) is 0 Å². The van der Waals surface area contributed by atoms with Crippen molar-refractivity contribution < 1.29 is 18.0 Å². The number of rotatable bonds is 2. The summed E-state index contributed by atoms with van der Waals surface area (Å²) in [5.74, 6) is 2.56. The smallest absolute Gasteiger partial charge is 0.349 e. The lowest BCUT2D eigenvalue weighted by Crippen LogP contribution is -2.42. The van der Waals surface area contributed by atoms with Crippen molar-refractivity contribution in [3.05, 3.63) is 29.6 Å². The van der Waals surface area contributed by atoms with Crippen LogP contribution in [-0.4, -0.2) is 16.9 Å². The molecule has 0 aromatic carbocycles. The molecule has 3 fully saturated rings. The van der Waals surface area contributed by atoms with Crippen LogP contribution in [0.1, 0.15) is 48.2 Å². The fourth-order valence-electron chi connectivity index (χ4n) is 5.18. The molecule has 0 aliphatic heterocycles. The van der Waals surface area contributed by atoms with E-state index in [2.05, 4.69) is 10.3 Å². The van der Waals surface area contributed by atoms with Gasteiger partial charge in [-0.1, -0.05) is 6.42 Å². The molecule has 0 spiro atoms. The Bertz CT molecular complexity index is 613. The summed E-state index contributed by atoms with van der Waals surface area (Å²) in [5, 5.41) is 3.04. The van der Waals surface area contributed by atoms with Crippen LogP contribution in [0.5, 0.6) is 0 Å². The number of pyridine rings is 1. The Morgan fingerprint density at radius 3 is 2.61 bits per heavy atom. The fraction of sp³-hybridized carbons (Fsp3) is 0.647. The second-order valence-corrected chi connectivity index (χ2v) is 7.16. The molecule has 1 aromatic rings. The third kappa shape index (κ3) is 2.52. The average molecular weight is 324 g/mol. The molecule has 2 bridgehead atoms. The van der Waals surface area contributed by atoms with E-state index in [0.29, 0.717) is 5.92 Å². The van der Waals surface area contributed by atoms with Crippen molar-refractivity contribution in [3.8, 4) is 0 Å². The summed E-state index contributed by atoms with van der Waals surface area (Å²) in [5.41, 5.74) is -0.772. The van der Waals surface area contributed by atoms with Crippen molar-refractivity contribution in [1.29, 1.82) is 0 Å². The number of aromatic nitrogens is 1. The predicted molar refractivity (Wildman–Crippen MR) is 77.5 cm³/mol. The Kier molecular flexibility index (Phi) is 3.39. The van der Waals surface area contributed by atoms with Gasteiger partial charge in [-0.2, -0.15) is 13.2 Å². The van der Waals surface area contributed by atoms with Crippen molar-refractivity contribution >= 4 is 5.91 Å². The van der Waals surface area contributed by atoms with E-state index < -0.39 is 11.9 Å². The van der Waals surface area contributed by atoms with Gasteiger partial charge in [0.25, 0.3) is 5.91 Å². The zero-order valence-corrected chi connectivity index (χ0v) is 12.6. The summed E-state index contributed by atoms with van der Waals surface area (Å²) in [6.07, 6.45) is 2.65. The van der Waals surface area contributed by atoms with Crippen molar-refractivity contribution in [2.75, 3.05) is 0 Å². The van der Waals surface area contributed by atoms with Gasteiger partial charge in [0.1, 0.15) is 5.69 Å². The maximum absolute atomic E-state index is 12.5. The molecule has 3 aliphatic rings. The third-order valence-electron chi connectivity index (χ3n) is 6.06. The molecule has 3 saturated carbocycles. The number of hydrogen-bond acceptors (Lipinski definition) is 2. The summed E-state index contributed by atoms with van der Waals surface area (Å²) in [7, 11) is 0. The van der Waals surface area contributed by atoms with Gasteiger partial charge in [0, 0.05) is 12.2 Å². The van der Waals surface area contributed by atoms with Gasteiger partial charge in [0.05, 0.1) is 5.56 Å². The average Bonchev–Trinajstić information content (AvgIpc) is 3.18. The highest BCUT2D eigenvalue weighted by Gasteiger charge is 2.54. The van der Waals surface area contributed by atoms with Crippen molar-refractivity contribution in [2.24, 2.45) is 23.7 Å². The second-order valence-electron chi connectivity index (χ2n) is 7.16. The van der Waals surface area contributed by atoms with E-state index in [4.69, 9.17) is 0 Å². The Balaban J connectivity index is 1.43. The molecule has 1 amide bonds. The summed E-state index contributed by atoms with van der Waals surface area (Å²) in [4.78, 5) is 15.7.